The van der Waals surface area contributed by atoms with Gasteiger partial charge in [-0.15, -0.1) is 6.42 Å². The second-order valence-electron chi connectivity index (χ2n) is 4.50. The molecule has 0 rings (SSSR count). The lowest BCUT2D eigenvalue weighted by molar-refractivity contribution is 0.555. The van der Waals surface area contributed by atoms with Crippen LogP contribution in [0.3, 0.4) is 0 Å². The van der Waals surface area contributed by atoms with Gasteiger partial charge in [0.05, 0.1) is 0 Å². The number of rotatable bonds is 12. The molecule has 0 aliphatic carbocycles. The van der Waals surface area contributed by atoms with Crippen molar-refractivity contribution < 1.29 is 0 Å². The first kappa shape index (κ1) is 15.9. The molecule has 0 spiro atoms. The Morgan fingerprint density at radius 3 is 1.62 bits per heavy atom. The van der Waals surface area contributed by atoms with Crippen LogP contribution in [-0.2, 0) is 0 Å². The zero-order chi connectivity index (χ0) is 11.9. The number of hydrogen-bond acceptors (Lipinski definition) is 1. The first-order chi connectivity index (χ1) is 7.91. The Hall–Kier alpha value is -0.0900. The Labute approximate surface area is 107 Å². The quantitative estimate of drug-likeness (QED) is 0.315. The van der Waals surface area contributed by atoms with Crippen LogP contribution < -0.4 is 0 Å². The maximum absolute atomic E-state index is 5.17. The first-order valence-corrected chi connectivity index (χ1v) is 7.97. The van der Waals surface area contributed by atoms with Crippen molar-refractivity contribution in [3.05, 3.63) is 0 Å². The van der Waals surface area contributed by atoms with Gasteiger partial charge in [0.15, 0.2) is 0 Å². The van der Waals surface area contributed by atoms with Crippen molar-refractivity contribution in [2.24, 2.45) is 0 Å². The minimum atomic E-state index is 1.15. The Balaban J connectivity index is 2.86. The van der Waals surface area contributed by atoms with Gasteiger partial charge in [-0.05, 0) is 11.7 Å². The van der Waals surface area contributed by atoms with Crippen molar-refractivity contribution in [2.75, 3.05) is 5.75 Å². The molecule has 1 heteroatoms. The number of unbranched alkanes of at least 4 members (excludes halogenated alkanes) is 10. The maximum Gasteiger partial charge on any atom is 0.00566 e. The molecule has 0 atom stereocenters. The molecule has 0 heterocycles. The Kier molecular flexibility index (Phi) is 14.8. The summed E-state index contributed by atoms with van der Waals surface area (Å²) in [5.74, 6) is 1.15. The fourth-order valence-corrected chi connectivity index (χ4v) is 2.36. The topological polar surface area (TPSA) is 0 Å². The molecule has 0 saturated heterocycles. The van der Waals surface area contributed by atoms with Crippen LogP contribution >= 0.6 is 11.8 Å². The molecule has 0 N–H and O–H groups in total. The van der Waals surface area contributed by atoms with Crippen LogP contribution in [0.2, 0.25) is 0 Å². The van der Waals surface area contributed by atoms with Gasteiger partial charge in [0.25, 0.3) is 0 Å². The summed E-state index contributed by atoms with van der Waals surface area (Å²) >= 11 is 1.62. The van der Waals surface area contributed by atoms with E-state index in [4.69, 9.17) is 6.42 Å². The molecule has 0 aliphatic rings. The molecule has 0 aliphatic heterocycles. The fraction of sp³-hybridized carbons (Fsp3) is 0.867. The third-order valence-electron chi connectivity index (χ3n) is 2.93. The van der Waals surface area contributed by atoms with Crippen molar-refractivity contribution in [1.82, 2.24) is 0 Å². The lowest BCUT2D eigenvalue weighted by atomic mass is 10.1. The van der Waals surface area contributed by atoms with E-state index in [1.54, 1.807) is 11.8 Å². The van der Waals surface area contributed by atoms with Crippen molar-refractivity contribution in [1.29, 1.82) is 0 Å². The number of thioether (sulfide) groups is 1. The summed E-state index contributed by atoms with van der Waals surface area (Å²) in [6.45, 7) is 2.28. The van der Waals surface area contributed by atoms with Crippen molar-refractivity contribution in [3.63, 3.8) is 0 Å². The molecule has 16 heavy (non-hydrogen) atoms. The Morgan fingerprint density at radius 1 is 0.750 bits per heavy atom. The lowest BCUT2D eigenvalue weighted by Gasteiger charge is -2.01. The number of terminal acetylenes is 1. The van der Waals surface area contributed by atoms with E-state index in [9.17, 15) is 0 Å². The average molecular weight is 240 g/mol. The predicted octanol–water partition coefficient (Wildman–Crippen LogP) is 5.62. The highest BCUT2D eigenvalue weighted by molar-refractivity contribution is 8.03. The molecule has 0 aromatic carbocycles. The summed E-state index contributed by atoms with van der Waals surface area (Å²) in [5, 5.41) is 2.62. The van der Waals surface area contributed by atoms with Gasteiger partial charge >= 0.3 is 0 Å². The lowest BCUT2D eigenvalue weighted by Crippen LogP contribution is -1.83. The molecule has 94 valence electrons. The van der Waals surface area contributed by atoms with E-state index in [-0.39, 0.29) is 0 Å². The maximum atomic E-state index is 5.17. The highest BCUT2D eigenvalue weighted by Crippen LogP contribution is 2.12. The summed E-state index contributed by atoms with van der Waals surface area (Å²) < 4.78 is 0. The van der Waals surface area contributed by atoms with E-state index in [0.29, 0.717) is 0 Å². The van der Waals surface area contributed by atoms with E-state index in [1.807, 2.05) is 0 Å². The molecular weight excluding hydrogens is 212 g/mol. The van der Waals surface area contributed by atoms with E-state index in [0.717, 1.165) is 5.75 Å². The van der Waals surface area contributed by atoms with Gasteiger partial charge in [-0.3, -0.25) is 0 Å². The molecule has 0 aromatic rings. The van der Waals surface area contributed by atoms with E-state index >= 15 is 0 Å². The van der Waals surface area contributed by atoms with Gasteiger partial charge in [-0.2, -0.15) is 0 Å². The largest absolute Gasteiger partial charge is 0.108 e. The highest BCUT2D eigenvalue weighted by Gasteiger charge is 1.92. The number of hydrogen-bond donors (Lipinski definition) is 0. The van der Waals surface area contributed by atoms with Gasteiger partial charge in [-0.25, -0.2) is 0 Å². The van der Waals surface area contributed by atoms with Crippen molar-refractivity contribution >= 4 is 11.8 Å². The van der Waals surface area contributed by atoms with Crippen LogP contribution in [0.25, 0.3) is 0 Å². The zero-order valence-corrected chi connectivity index (χ0v) is 11.8. The fourth-order valence-electron chi connectivity index (χ4n) is 1.90. The predicted molar refractivity (Wildman–Crippen MR) is 77.8 cm³/mol. The summed E-state index contributed by atoms with van der Waals surface area (Å²) in [6, 6.07) is 0. The summed E-state index contributed by atoms with van der Waals surface area (Å²) in [7, 11) is 0. The van der Waals surface area contributed by atoms with Crippen molar-refractivity contribution in [3.8, 4) is 11.7 Å². The van der Waals surface area contributed by atoms with E-state index < -0.39 is 0 Å². The van der Waals surface area contributed by atoms with Crippen LogP contribution in [0.5, 0.6) is 0 Å². The Morgan fingerprint density at radius 2 is 1.19 bits per heavy atom. The van der Waals surface area contributed by atoms with Crippen LogP contribution in [0, 0.1) is 11.7 Å². The molecule has 0 nitrogen and oxygen atoms in total. The van der Waals surface area contributed by atoms with Crippen LogP contribution in [0.15, 0.2) is 0 Å². The minimum Gasteiger partial charge on any atom is -0.108 e. The van der Waals surface area contributed by atoms with E-state index in [2.05, 4.69) is 12.2 Å². The third kappa shape index (κ3) is 13.9. The average Bonchev–Trinajstić information content (AvgIpc) is 2.31. The van der Waals surface area contributed by atoms with E-state index in [1.165, 1.54) is 70.6 Å². The molecule has 0 radical (unpaired) electrons. The molecule has 0 unspecified atom stereocenters. The van der Waals surface area contributed by atoms with Gasteiger partial charge in [0.1, 0.15) is 0 Å². The zero-order valence-electron chi connectivity index (χ0n) is 11.0. The normalized spacial score (nSPS) is 10.2. The molecule has 0 aromatic heterocycles. The second kappa shape index (κ2) is 14.9. The Bertz CT molecular complexity index is 157. The minimum absolute atomic E-state index is 1.15. The molecule has 0 saturated carbocycles. The van der Waals surface area contributed by atoms with Crippen LogP contribution in [0.4, 0.5) is 0 Å². The van der Waals surface area contributed by atoms with Crippen LogP contribution in [-0.4, -0.2) is 5.75 Å². The SMILES string of the molecule is C#CSCCCCCCCCCCCCC. The van der Waals surface area contributed by atoms with Gasteiger partial charge in [0.2, 0.25) is 0 Å². The molecular formula is C15H28S. The van der Waals surface area contributed by atoms with Crippen molar-refractivity contribution in [2.45, 2.75) is 77.6 Å². The summed E-state index contributed by atoms with van der Waals surface area (Å²) in [5.41, 5.74) is 0. The van der Waals surface area contributed by atoms with Gasteiger partial charge in [0, 0.05) is 5.75 Å². The molecule has 0 bridgehead atoms. The smallest absolute Gasteiger partial charge is 0.00566 e. The second-order valence-corrected chi connectivity index (χ2v) is 5.43. The standard InChI is InChI=1S/C15H28S/c1-3-5-6-7-8-9-10-11-12-13-14-15-16-4-2/h2H,3,5-15H2,1H3. The summed E-state index contributed by atoms with van der Waals surface area (Å²) in [6.07, 6.45) is 20.7. The summed E-state index contributed by atoms with van der Waals surface area (Å²) in [4.78, 5) is 0. The third-order valence-corrected chi connectivity index (χ3v) is 3.59. The highest BCUT2D eigenvalue weighted by atomic mass is 32.2. The van der Waals surface area contributed by atoms with Gasteiger partial charge in [-0.1, -0.05) is 82.9 Å². The molecule has 0 fully saturated rings. The molecule has 0 amide bonds. The van der Waals surface area contributed by atoms with Crippen LogP contribution in [0.1, 0.15) is 77.6 Å². The monoisotopic (exact) mass is 240 g/mol. The first-order valence-electron chi connectivity index (χ1n) is 6.99. The van der Waals surface area contributed by atoms with Gasteiger partial charge < -0.3 is 0 Å².